The van der Waals surface area contributed by atoms with Gasteiger partial charge in [-0.2, -0.15) is 0 Å². The summed E-state index contributed by atoms with van der Waals surface area (Å²) in [7, 11) is 1.50. The zero-order valence-corrected chi connectivity index (χ0v) is 16.8. The Hall–Kier alpha value is -2.28. The third kappa shape index (κ3) is 4.58. The maximum Gasteiger partial charge on any atom is 0.312 e. The maximum absolute atomic E-state index is 12.4. The fourth-order valence-electron chi connectivity index (χ4n) is 3.77. The standard InChI is InChI=1S/C20H25ClN2O5/c1-12(19(25)22-14-7-8-17(27-2)16(21)10-14)28-20(26)13-9-18(24)23(11-13)15-5-3-4-6-15/h7-8,10,12-13,15H,3-6,9,11H2,1-2H3,(H,22,25)/t12-,13-/m0/s1. The van der Waals surface area contributed by atoms with Gasteiger partial charge in [0, 0.05) is 24.7 Å². The summed E-state index contributed by atoms with van der Waals surface area (Å²) in [6.07, 6.45) is 3.40. The Bertz CT molecular complexity index is 763. The van der Waals surface area contributed by atoms with Gasteiger partial charge in [-0.25, -0.2) is 0 Å². The first-order valence-corrected chi connectivity index (χ1v) is 9.91. The molecule has 1 aromatic carbocycles. The quantitative estimate of drug-likeness (QED) is 0.731. The van der Waals surface area contributed by atoms with Crippen molar-refractivity contribution in [1.82, 2.24) is 4.90 Å². The van der Waals surface area contributed by atoms with Gasteiger partial charge in [0.1, 0.15) is 5.75 Å². The van der Waals surface area contributed by atoms with Gasteiger partial charge in [0.2, 0.25) is 5.91 Å². The second kappa shape index (κ2) is 8.82. The van der Waals surface area contributed by atoms with Crippen molar-refractivity contribution in [3.63, 3.8) is 0 Å². The van der Waals surface area contributed by atoms with Gasteiger partial charge >= 0.3 is 5.97 Å². The molecule has 1 aliphatic heterocycles. The van der Waals surface area contributed by atoms with Gasteiger partial charge in [-0.1, -0.05) is 24.4 Å². The molecule has 1 aromatic rings. The Balaban J connectivity index is 1.53. The number of carbonyl (C=O) groups is 3. The molecule has 8 heteroatoms. The number of hydrogen-bond donors (Lipinski definition) is 1. The van der Waals surface area contributed by atoms with Crippen LogP contribution in [0, 0.1) is 5.92 Å². The van der Waals surface area contributed by atoms with Gasteiger partial charge in [0.15, 0.2) is 6.10 Å². The SMILES string of the molecule is COc1ccc(NC(=O)[C@H](C)OC(=O)[C@H]2CC(=O)N(C3CCCC3)C2)cc1Cl. The number of methoxy groups -OCH3 is 1. The molecular formula is C20H25ClN2O5. The van der Waals surface area contributed by atoms with E-state index in [1.54, 1.807) is 18.2 Å². The highest BCUT2D eigenvalue weighted by atomic mass is 35.5. The van der Waals surface area contributed by atoms with E-state index in [0.29, 0.717) is 23.0 Å². The van der Waals surface area contributed by atoms with E-state index in [2.05, 4.69) is 5.32 Å². The smallest absolute Gasteiger partial charge is 0.312 e. The molecule has 152 valence electrons. The molecule has 0 aromatic heterocycles. The molecule has 28 heavy (non-hydrogen) atoms. The van der Waals surface area contributed by atoms with Crippen LogP contribution in [-0.2, 0) is 19.1 Å². The Kier molecular flexibility index (Phi) is 6.44. The first kappa shape index (κ1) is 20.5. The van der Waals surface area contributed by atoms with E-state index in [0.717, 1.165) is 25.7 Å². The Labute approximate surface area is 169 Å². The van der Waals surface area contributed by atoms with Crippen LogP contribution in [0.1, 0.15) is 39.0 Å². The first-order valence-electron chi connectivity index (χ1n) is 9.53. The fraction of sp³-hybridized carbons (Fsp3) is 0.550. The number of anilines is 1. The van der Waals surface area contributed by atoms with Crippen LogP contribution >= 0.6 is 11.6 Å². The van der Waals surface area contributed by atoms with Crippen LogP contribution in [0.5, 0.6) is 5.75 Å². The van der Waals surface area contributed by atoms with Crippen LogP contribution in [0.15, 0.2) is 18.2 Å². The van der Waals surface area contributed by atoms with Crippen molar-refractivity contribution in [2.45, 2.75) is 51.2 Å². The van der Waals surface area contributed by atoms with Crippen LogP contribution in [-0.4, -0.2) is 48.5 Å². The molecule has 1 saturated heterocycles. The summed E-state index contributed by atoms with van der Waals surface area (Å²) < 4.78 is 10.4. The molecular weight excluding hydrogens is 384 g/mol. The topological polar surface area (TPSA) is 84.9 Å². The average molecular weight is 409 g/mol. The van der Waals surface area contributed by atoms with E-state index in [9.17, 15) is 14.4 Å². The molecule has 3 rings (SSSR count). The first-order chi connectivity index (χ1) is 13.4. The second-order valence-electron chi connectivity index (χ2n) is 7.30. The number of halogens is 1. The number of amides is 2. The van der Waals surface area contributed by atoms with Gasteiger partial charge in [-0.3, -0.25) is 14.4 Å². The second-order valence-corrected chi connectivity index (χ2v) is 7.71. The van der Waals surface area contributed by atoms with Crippen LogP contribution in [0.3, 0.4) is 0 Å². The lowest BCUT2D eigenvalue weighted by molar-refractivity contribution is -0.157. The lowest BCUT2D eigenvalue weighted by Gasteiger charge is -2.24. The number of nitrogens with zero attached hydrogens (tertiary/aromatic N) is 1. The number of nitrogens with one attached hydrogen (secondary N) is 1. The average Bonchev–Trinajstić information content (AvgIpc) is 3.31. The lowest BCUT2D eigenvalue weighted by Crippen LogP contribution is -2.36. The molecule has 7 nitrogen and oxygen atoms in total. The minimum Gasteiger partial charge on any atom is -0.495 e. The largest absolute Gasteiger partial charge is 0.495 e. The Morgan fingerprint density at radius 3 is 2.64 bits per heavy atom. The summed E-state index contributed by atoms with van der Waals surface area (Å²) in [5.41, 5.74) is 0.474. The minimum absolute atomic E-state index is 0.00108. The normalized spacial score (nSPS) is 20.9. The van der Waals surface area contributed by atoms with Gasteiger partial charge in [0.25, 0.3) is 5.91 Å². The van der Waals surface area contributed by atoms with Crippen molar-refractivity contribution in [1.29, 1.82) is 0 Å². The van der Waals surface area contributed by atoms with E-state index in [-0.39, 0.29) is 18.4 Å². The van der Waals surface area contributed by atoms with E-state index >= 15 is 0 Å². The lowest BCUT2D eigenvalue weighted by atomic mass is 10.1. The van der Waals surface area contributed by atoms with E-state index in [1.165, 1.54) is 14.0 Å². The summed E-state index contributed by atoms with van der Waals surface area (Å²) in [5.74, 6) is -0.995. The van der Waals surface area contributed by atoms with Gasteiger partial charge in [0.05, 0.1) is 18.1 Å². The highest BCUT2D eigenvalue weighted by Crippen LogP contribution is 2.30. The minimum atomic E-state index is -0.982. The molecule has 1 heterocycles. The molecule has 0 radical (unpaired) electrons. The number of carbonyl (C=O) groups excluding carboxylic acids is 3. The third-order valence-corrected chi connectivity index (χ3v) is 5.63. The molecule has 2 fully saturated rings. The van der Waals surface area contributed by atoms with Crippen molar-refractivity contribution in [3.8, 4) is 5.75 Å². The number of ether oxygens (including phenoxy) is 2. The highest BCUT2D eigenvalue weighted by molar-refractivity contribution is 6.32. The molecule has 0 bridgehead atoms. The highest BCUT2D eigenvalue weighted by Gasteiger charge is 2.40. The van der Waals surface area contributed by atoms with Crippen molar-refractivity contribution in [2.75, 3.05) is 19.0 Å². The predicted molar refractivity (Wildman–Crippen MR) is 104 cm³/mol. The molecule has 1 saturated carbocycles. The number of esters is 1. The van der Waals surface area contributed by atoms with E-state index in [1.807, 2.05) is 4.90 Å². The molecule has 0 spiro atoms. The number of rotatable bonds is 6. The van der Waals surface area contributed by atoms with Crippen LogP contribution < -0.4 is 10.1 Å². The molecule has 2 amide bonds. The van der Waals surface area contributed by atoms with Gasteiger partial charge in [-0.05, 0) is 38.0 Å². The van der Waals surface area contributed by atoms with Crippen molar-refractivity contribution < 1.29 is 23.9 Å². The summed E-state index contributed by atoms with van der Waals surface area (Å²) in [6, 6.07) is 5.08. The summed E-state index contributed by atoms with van der Waals surface area (Å²) >= 11 is 6.05. The van der Waals surface area contributed by atoms with Crippen molar-refractivity contribution in [2.24, 2.45) is 5.92 Å². The zero-order valence-electron chi connectivity index (χ0n) is 16.1. The number of benzene rings is 1. The maximum atomic E-state index is 12.4. The summed E-state index contributed by atoms with van der Waals surface area (Å²) in [5, 5.41) is 3.02. The number of likely N-dealkylation sites (tertiary alicyclic amines) is 1. The van der Waals surface area contributed by atoms with E-state index < -0.39 is 23.9 Å². The van der Waals surface area contributed by atoms with Crippen molar-refractivity contribution >= 4 is 35.1 Å². The Morgan fingerprint density at radius 1 is 1.29 bits per heavy atom. The molecule has 1 N–H and O–H groups in total. The van der Waals surface area contributed by atoms with Crippen LogP contribution in [0.2, 0.25) is 5.02 Å². The molecule has 0 unspecified atom stereocenters. The van der Waals surface area contributed by atoms with Gasteiger partial charge < -0.3 is 19.7 Å². The molecule has 2 atom stereocenters. The number of hydrogen-bond acceptors (Lipinski definition) is 5. The van der Waals surface area contributed by atoms with Gasteiger partial charge in [-0.15, -0.1) is 0 Å². The van der Waals surface area contributed by atoms with Crippen molar-refractivity contribution in [3.05, 3.63) is 23.2 Å². The van der Waals surface area contributed by atoms with Crippen LogP contribution in [0.4, 0.5) is 5.69 Å². The van der Waals surface area contributed by atoms with Crippen LogP contribution in [0.25, 0.3) is 0 Å². The molecule has 2 aliphatic rings. The fourth-order valence-corrected chi connectivity index (χ4v) is 4.03. The monoisotopic (exact) mass is 408 g/mol. The predicted octanol–water partition coefficient (Wildman–Crippen LogP) is 3.01. The molecule has 1 aliphatic carbocycles. The summed E-state index contributed by atoms with van der Waals surface area (Å²) in [4.78, 5) is 38.8. The summed E-state index contributed by atoms with van der Waals surface area (Å²) in [6.45, 7) is 1.88. The zero-order chi connectivity index (χ0) is 20.3. The Morgan fingerprint density at radius 2 is 2.00 bits per heavy atom. The third-order valence-electron chi connectivity index (χ3n) is 5.34. The van der Waals surface area contributed by atoms with E-state index in [4.69, 9.17) is 21.1 Å².